The zero-order valence-corrected chi connectivity index (χ0v) is 14.5. The van der Waals surface area contributed by atoms with E-state index in [2.05, 4.69) is 19.0 Å². The number of unbranched alkanes of at least 4 members (excludes halogenated alkanes) is 4. The van der Waals surface area contributed by atoms with Gasteiger partial charge in [0.2, 0.25) is 0 Å². The van der Waals surface area contributed by atoms with Gasteiger partial charge in [0.05, 0.1) is 0 Å². The van der Waals surface area contributed by atoms with Gasteiger partial charge in [0, 0.05) is 12.0 Å². The standard InChI is InChI=1S/C19H31NO3/c1-3-4-5-6-7-10-15(2)11-8-14-18(21)16-12-9-13-17(20-23)19(16)22/h9,12-13,15,19,22-23H,3-8,10-11,14H2,1-2H3. The minimum atomic E-state index is -1.10. The molecular formula is C19H31NO3. The SMILES string of the molecule is CCCCCCCC(C)CCCC(=O)C1=CC=CC(=NO)C1O. The topological polar surface area (TPSA) is 69.9 Å². The first-order valence-electron chi connectivity index (χ1n) is 8.91. The van der Waals surface area contributed by atoms with Crippen LogP contribution in [0.5, 0.6) is 0 Å². The Hall–Kier alpha value is -1.42. The Balaban J connectivity index is 2.23. The predicted molar refractivity (Wildman–Crippen MR) is 93.8 cm³/mol. The molecule has 1 aliphatic carbocycles. The van der Waals surface area contributed by atoms with Gasteiger partial charge in [-0.1, -0.05) is 76.1 Å². The molecule has 0 saturated heterocycles. The van der Waals surface area contributed by atoms with E-state index in [1.165, 1.54) is 44.6 Å². The Morgan fingerprint density at radius 2 is 1.91 bits per heavy atom. The molecule has 0 bridgehead atoms. The van der Waals surface area contributed by atoms with Crippen molar-refractivity contribution >= 4 is 11.5 Å². The Labute approximate surface area is 140 Å². The van der Waals surface area contributed by atoms with Gasteiger partial charge in [0.1, 0.15) is 11.8 Å². The average molecular weight is 321 g/mol. The van der Waals surface area contributed by atoms with Gasteiger partial charge in [-0.3, -0.25) is 4.79 Å². The number of carbonyl (C=O) groups excluding carboxylic acids is 1. The summed E-state index contributed by atoms with van der Waals surface area (Å²) in [6, 6.07) is 0. The molecule has 0 aromatic heterocycles. The zero-order valence-electron chi connectivity index (χ0n) is 14.5. The maximum Gasteiger partial charge on any atom is 0.161 e. The lowest BCUT2D eigenvalue weighted by Gasteiger charge is -2.16. The number of rotatable bonds is 11. The van der Waals surface area contributed by atoms with Crippen LogP contribution < -0.4 is 0 Å². The van der Waals surface area contributed by atoms with Crippen molar-refractivity contribution in [2.24, 2.45) is 11.1 Å². The molecule has 4 heteroatoms. The van der Waals surface area contributed by atoms with E-state index in [0.29, 0.717) is 17.9 Å². The maximum absolute atomic E-state index is 12.2. The molecule has 2 atom stereocenters. The Kier molecular flexibility index (Phi) is 9.53. The van der Waals surface area contributed by atoms with Crippen LogP contribution in [-0.2, 0) is 4.79 Å². The molecule has 1 aliphatic rings. The van der Waals surface area contributed by atoms with Gasteiger partial charge >= 0.3 is 0 Å². The van der Waals surface area contributed by atoms with Crippen molar-refractivity contribution in [1.82, 2.24) is 0 Å². The number of aliphatic hydroxyl groups excluding tert-OH is 1. The normalized spacial score (nSPS) is 20.6. The van der Waals surface area contributed by atoms with Crippen LogP contribution in [0.4, 0.5) is 0 Å². The Morgan fingerprint density at radius 1 is 1.22 bits per heavy atom. The van der Waals surface area contributed by atoms with E-state index in [1.807, 2.05) is 0 Å². The van der Waals surface area contributed by atoms with Gasteiger partial charge in [-0.25, -0.2) is 0 Å². The smallest absolute Gasteiger partial charge is 0.161 e. The molecule has 2 N–H and O–H groups in total. The van der Waals surface area contributed by atoms with Crippen LogP contribution in [0.1, 0.15) is 71.6 Å². The minimum absolute atomic E-state index is 0.0573. The van der Waals surface area contributed by atoms with E-state index >= 15 is 0 Å². The Bertz CT molecular complexity index is 452. The van der Waals surface area contributed by atoms with E-state index in [9.17, 15) is 9.90 Å². The number of nitrogens with zero attached hydrogens (tertiary/aromatic N) is 1. The summed E-state index contributed by atoms with van der Waals surface area (Å²) in [5.41, 5.74) is 0.448. The summed E-state index contributed by atoms with van der Waals surface area (Å²) in [6.45, 7) is 4.47. The van der Waals surface area contributed by atoms with E-state index in [0.717, 1.165) is 12.8 Å². The molecule has 0 heterocycles. The van der Waals surface area contributed by atoms with Gasteiger partial charge in [-0.15, -0.1) is 0 Å². The molecule has 0 aliphatic heterocycles. The highest BCUT2D eigenvalue weighted by atomic mass is 16.4. The Morgan fingerprint density at radius 3 is 2.61 bits per heavy atom. The average Bonchev–Trinajstić information content (AvgIpc) is 2.54. The molecule has 0 aromatic rings. The highest BCUT2D eigenvalue weighted by molar-refractivity contribution is 6.10. The molecule has 130 valence electrons. The van der Waals surface area contributed by atoms with Crippen LogP contribution in [-0.4, -0.2) is 27.9 Å². The number of aliphatic hydroxyl groups is 1. The fourth-order valence-electron chi connectivity index (χ4n) is 2.92. The van der Waals surface area contributed by atoms with Crippen molar-refractivity contribution in [2.45, 2.75) is 77.7 Å². The molecule has 0 radical (unpaired) electrons. The number of carbonyl (C=O) groups is 1. The minimum Gasteiger partial charge on any atom is -0.411 e. The number of hydrogen-bond donors (Lipinski definition) is 2. The quantitative estimate of drug-likeness (QED) is 0.336. The summed E-state index contributed by atoms with van der Waals surface area (Å²) < 4.78 is 0. The fraction of sp³-hybridized carbons (Fsp3) is 0.684. The van der Waals surface area contributed by atoms with Gasteiger partial charge in [-0.05, 0) is 18.4 Å². The van der Waals surface area contributed by atoms with Crippen LogP contribution in [0.3, 0.4) is 0 Å². The van der Waals surface area contributed by atoms with E-state index in [-0.39, 0.29) is 11.5 Å². The molecule has 23 heavy (non-hydrogen) atoms. The third kappa shape index (κ3) is 7.12. The monoisotopic (exact) mass is 321 g/mol. The molecule has 2 unspecified atom stereocenters. The molecule has 1 rings (SSSR count). The second kappa shape index (κ2) is 11.2. The van der Waals surface area contributed by atoms with Crippen molar-refractivity contribution in [3.05, 3.63) is 23.8 Å². The fourth-order valence-corrected chi connectivity index (χ4v) is 2.92. The highest BCUT2D eigenvalue weighted by Gasteiger charge is 2.24. The number of allylic oxidation sites excluding steroid dienone is 2. The lowest BCUT2D eigenvalue weighted by molar-refractivity contribution is -0.116. The molecular weight excluding hydrogens is 290 g/mol. The maximum atomic E-state index is 12.2. The van der Waals surface area contributed by atoms with Crippen molar-refractivity contribution in [2.75, 3.05) is 0 Å². The zero-order chi connectivity index (χ0) is 17.1. The first-order chi connectivity index (χ1) is 11.1. The van der Waals surface area contributed by atoms with Crippen LogP contribution in [0.15, 0.2) is 29.0 Å². The number of hydrogen-bond acceptors (Lipinski definition) is 4. The van der Waals surface area contributed by atoms with Crippen molar-refractivity contribution in [1.29, 1.82) is 0 Å². The first-order valence-corrected chi connectivity index (χ1v) is 8.91. The van der Waals surface area contributed by atoms with E-state index < -0.39 is 6.10 Å². The molecule has 0 aromatic carbocycles. The lowest BCUT2D eigenvalue weighted by atomic mass is 9.91. The summed E-state index contributed by atoms with van der Waals surface area (Å²) in [5.74, 6) is 0.585. The number of Topliss-reactive ketones (excluding diaryl/α,β-unsaturated/α-hetero) is 1. The van der Waals surface area contributed by atoms with Crippen molar-refractivity contribution in [3.63, 3.8) is 0 Å². The van der Waals surface area contributed by atoms with Crippen LogP contribution in [0.2, 0.25) is 0 Å². The highest BCUT2D eigenvalue weighted by Crippen LogP contribution is 2.19. The number of ketones is 1. The summed E-state index contributed by atoms with van der Waals surface area (Å²) in [6.07, 6.45) is 13.7. The third-order valence-corrected chi connectivity index (χ3v) is 4.46. The van der Waals surface area contributed by atoms with E-state index in [1.54, 1.807) is 12.2 Å². The van der Waals surface area contributed by atoms with Crippen molar-refractivity contribution in [3.8, 4) is 0 Å². The molecule has 0 saturated carbocycles. The van der Waals surface area contributed by atoms with Crippen LogP contribution in [0.25, 0.3) is 0 Å². The predicted octanol–water partition coefficient (Wildman–Crippen LogP) is 4.41. The summed E-state index contributed by atoms with van der Waals surface area (Å²) in [7, 11) is 0. The first kappa shape index (κ1) is 19.6. The van der Waals surface area contributed by atoms with E-state index in [4.69, 9.17) is 5.21 Å². The molecule has 0 spiro atoms. The number of oxime groups is 1. The second-order valence-corrected chi connectivity index (χ2v) is 6.53. The third-order valence-electron chi connectivity index (χ3n) is 4.46. The van der Waals surface area contributed by atoms with Crippen LogP contribution >= 0.6 is 0 Å². The summed E-state index contributed by atoms with van der Waals surface area (Å²) in [5, 5.41) is 21.8. The molecule has 0 amide bonds. The second-order valence-electron chi connectivity index (χ2n) is 6.53. The van der Waals surface area contributed by atoms with Gasteiger partial charge in [0.25, 0.3) is 0 Å². The largest absolute Gasteiger partial charge is 0.411 e. The molecule has 4 nitrogen and oxygen atoms in total. The van der Waals surface area contributed by atoms with Gasteiger partial charge < -0.3 is 10.3 Å². The summed E-state index contributed by atoms with van der Waals surface area (Å²) >= 11 is 0. The van der Waals surface area contributed by atoms with Gasteiger partial charge in [-0.2, -0.15) is 0 Å². The van der Waals surface area contributed by atoms with Crippen LogP contribution in [0, 0.1) is 5.92 Å². The molecule has 0 fully saturated rings. The van der Waals surface area contributed by atoms with Crippen molar-refractivity contribution < 1.29 is 15.1 Å². The summed E-state index contributed by atoms with van der Waals surface area (Å²) in [4.78, 5) is 12.2. The van der Waals surface area contributed by atoms with Gasteiger partial charge in [0.15, 0.2) is 5.78 Å². The lowest BCUT2D eigenvalue weighted by Crippen LogP contribution is -2.27.